The average molecular weight is 232 g/mol. The fourth-order valence-corrected chi connectivity index (χ4v) is 2.60. The summed E-state index contributed by atoms with van der Waals surface area (Å²) in [5.74, 6) is -0.0801. The molecule has 0 amide bonds. The minimum Gasteiger partial charge on any atom is -0.207 e. The summed E-state index contributed by atoms with van der Waals surface area (Å²) in [4.78, 5) is 0. The number of hydrogen-bond acceptors (Lipinski definition) is 0. The van der Waals surface area contributed by atoms with E-state index in [1.54, 1.807) is 6.07 Å². The van der Waals surface area contributed by atoms with Gasteiger partial charge in [0.2, 0.25) is 0 Å². The van der Waals surface area contributed by atoms with Crippen molar-refractivity contribution in [1.82, 2.24) is 0 Å². The lowest BCUT2D eigenvalue weighted by Gasteiger charge is -2.32. The van der Waals surface area contributed by atoms with Crippen molar-refractivity contribution in [3.63, 3.8) is 0 Å². The van der Waals surface area contributed by atoms with Gasteiger partial charge in [0.1, 0.15) is 5.82 Å². The SMILES string of the molecule is CCC(C)(C)C1=CCCc2ccc(F)c(C)c21. The smallest absolute Gasteiger partial charge is 0.126 e. The van der Waals surface area contributed by atoms with Crippen molar-refractivity contribution >= 4 is 5.57 Å². The zero-order chi connectivity index (χ0) is 12.6. The van der Waals surface area contributed by atoms with E-state index < -0.39 is 0 Å². The van der Waals surface area contributed by atoms with E-state index in [4.69, 9.17) is 0 Å². The predicted molar refractivity (Wildman–Crippen MR) is 71.5 cm³/mol. The van der Waals surface area contributed by atoms with Gasteiger partial charge in [0.25, 0.3) is 0 Å². The molecule has 0 heterocycles. The lowest BCUT2D eigenvalue weighted by Crippen LogP contribution is -2.17. The minimum atomic E-state index is -0.0801. The topological polar surface area (TPSA) is 0 Å². The second-order valence-corrected chi connectivity index (χ2v) is 5.60. The Hall–Kier alpha value is -1.11. The number of allylic oxidation sites excluding steroid dienone is 2. The fourth-order valence-electron chi connectivity index (χ4n) is 2.60. The van der Waals surface area contributed by atoms with Gasteiger partial charge >= 0.3 is 0 Å². The van der Waals surface area contributed by atoms with Crippen LogP contribution < -0.4 is 0 Å². The van der Waals surface area contributed by atoms with Gasteiger partial charge in [0.15, 0.2) is 0 Å². The molecule has 1 aliphatic carbocycles. The van der Waals surface area contributed by atoms with Gasteiger partial charge in [-0.25, -0.2) is 4.39 Å². The van der Waals surface area contributed by atoms with E-state index in [0.29, 0.717) is 0 Å². The van der Waals surface area contributed by atoms with Gasteiger partial charge in [-0.15, -0.1) is 0 Å². The number of benzene rings is 1. The summed E-state index contributed by atoms with van der Waals surface area (Å²) in [7, 11) is 0. The average Bonchev–Trinajstić information content (AvgIpc) is 2.33. The van der Waals surface area contributed by atoms with Crippen LogP contribution in [0.3, 0.4) is 0 Å². The molecular formula is C16H21F. The number of halogens is 1. The lowest BCUT2D eigenvalue weighted by molar-refractivity contribution is 0.478. The number of hydrogen-bond donors (Lipinski definition) is 0. The van der Waals surface area contributed by atoms with E-state index in [0.717, 1.165) is 24.8 Å². The van der Waals surface area contributed by atoms with Gasteiger partial charge in [-0.3, -0.25) is 0 Å². The molecule has 1 aromatic rings. The van der Waals surface area contributed by atoms with Gasteiger partial charge in [0.05, 0.1) is 0 Å². The molecular weight excluding hydrogens is 211 g/mol. The molecule has 0 aromatic heterocycles. The van der Waals surface area contributed by atoms with E-state index in [-0.39, 0.29) is 11.2 Å². The first-order valence-electron chi connectivity index (χ1n) is 6.46. The molecule has 1 aromatic carbocycles. The standard InChI is InChI=1S/C16H21F/c1-5-16(3,4)13-8-6-7-12-9-10-14(17)11(2)15(12)13/h8-10H,5-7H2,1-4H3. The molecule has 0 unspecified atom stereocenters. The van der Waals surface area contributed by atoms with E-state index in [9.17, 15) is 4.39 Å². The van der Waals surface area contributed by atoms with Crippen molar-refractivity contribution in [2.45, 2.75) is 47.0 Å². The normalized spacial score (nSPS) is 15.5. The second-order valence-electron chi connectivity index (χ2n) is 5.60. The Morgan fingerprint density at radius 1 is 1.29 bits per heavy atom. The predicted octanol–water partition coefficient (Wildman–Crippen LogP) is 4.90. The molecule has 0 atom stereocenters. The highest BCUT2D eigenvalue weighted by Gasteiger charge is 2.27. The summed E-state index contributed by atoms with van der Waals surface area (Å²) in [5.41, 5.74) is 4.76. The third-order valence-corrected chi connectivity index (χ3v) is 4.13. The molecule has 2 rings (SSSR count). The summed E-state index contributed by atoms with van der Waals surface area (Å²) in [5, 5.41) is 0. The second kappa shape index (κ2) is 4.29. The van der Waals surface area contributed by atoms with Crippen LogP contribution in [0.5, 0.6) is 0 Å². The summed E-state index contributed by atoms with van der Waals surface area (Å²) in [6.07, 6.45) is 5.50. The van der Waals surface area contributed by atoms with Gasteiger partial charge < -0.3 is 0 Å². The van der Waals surface area contributed by atoms with Crippen LogP contribution in [0.4, 0.5) is 4.39 Å². The monoisotopic (exact) mass is 232 g/mol. The molecule has 0 saturated carbocycles. The van der Waals surface area contributed by atoms with Crippen LogP contribution in [0.15, 0.2) is 18.2 Å². The van der Waals surface area contributed by atoms with Crippen molar-refractivity contribution in [2.24, 2.45) is 5.41 Å². The molecule has 0 radical (unpaired) electrons. The van der Waals surface area contributed by atoms with Crippen LogP contribution in [0, 0.1) is 18.2 Å². The quantitative estimate of drug-likeness (QED) is 0.680. The zero-order valence-electron chi connectivity index (χ0n) is 11.2. The Balaban J connectivity index is 2.62. The van der Waals surface area contributed by atoms with Gasteiger partial charge in [-0.1, -0.05) is 32.9 Å². The highest BCUT2D eigenvalue weighted by atomic mass is 19.1. The third-order valence-electron chi connectivity index (χ3n) is 4.13. The van der Waals surface area contributed by atoms with E-state index in [1.165, 1.54) is 16.7 Å². The van der Waals surface area contributed by atoms with Crippen molar-refractivity contribution < 1.29 is 4.39 Å². The van der Waals surface area contributed by atoms with Crippen molar-refractivity contribution in [3.8, 4) is 0 Å². The molecule has 0 aliphatic heterocycles. The Bertz CT molecular complexity index is 467. The number of rotatable bonds is 2. The highest BCUT2D eigenvalue weighted by Crippen LogP contribution is 2.43. The molecule has 17 heavy (non-hydrogen) atoms. The largest absolute Gasteiger partial charge is 0.207 e. The first-order valence-corrected chi connectivity index (χ1v) is 6.46. The van der Waals surface area contributed by atoms with Gasteiger partial charge in [-0.05, 0) is 59.9 Å². The first kappa shape index (κ1) is 12.3. The summed E-state index contributed by atoms with van der Waals surface area (Å²) in [6, 6.07) is 3.56. The Morgan fingerprint density at radius 3 is 2.65 bits per heavy atom. The summed E-state index contributed by atoms with van der Waals surface area (Å²) in [6.45, 7) is 8.60. The van der Waals surface area contributed by atoms with Crippen molar-refractivity contribution in [2.75, 3.05) is 0 Å². The molecule has 0 N–H and O–H groups in total. The first-order chi connectivity index (χ1) is 7.97. The number of fused-ring (bicyclic) bond motifs is 1. The maximum atomic E-state index is 13.7. The molecule has 0 saturated heterocycles. The fraction of sp³-hybridized carbons (Fsp3) is 0.500. The lowest BCUT2D eigenvalue weighted by atomic mass is 9.72. The van der Waals surface area contributed by atoms with Crippen LogP contribution in [0.25, 0.3) is 5.57 Å². The van der Waals surface area contributed by atoms with Crippen LogP contribution in [-0.2, 0) is 6.42 Å². The van der Waals surface area contributed by atoms with Crippen LogP contribution in [-0.4, -0.2) is 0 Å². The Labute approximate surface area is 104 Å². The maximum Gasteiger partial charge on any atom is 0.126 e. The molecule has 0 spiro atoms. The molecule has 92 valence electrons. The molecule has 0 nitrogen and oxygen atoms in total. The molecule has 0 fully saturated rings. The summed E-state index contributed by atoms with van der Waals surface area (Å²) >= 11 is 0. The van der Waals surface area contributed by atoms with Crippen LogP contribution >= 0.6 is 0 Å². The molecule has 0 bridgehead atoms. The Kier molecular flexibility index (Phi) is 3.11. The van der Waals surface area contributed by atoms with E-state index >= 15 is 0 Å². The van der Waals surface area contributed by atoms with Crippen LogP contribution in [0.2, 0.25) is 0 Å². The third kappa shape index (κ3) is 2.03. The maximum absolute atomic E-state index is 13.7. The summed E-state index contributed by atoms with van der Waals surface area (Å²) < 4.78 is 13.7. The van der Waals surface area contributed by atoms with Crippen molar-refractivity contribution in [3.05, 3.63) is 40.7 Å². The number of aryl methyl sites for hydroxylation is 1. The van der Waals surface area contributed by atoms with Crippen molar-refractivity contribution in [1.29, 1.82) is 0 Å². The minimum absolute atomic E-state index is 0.0801. The molecule has 1 aliphatic rings. The van der Waals surface area contributed by atoms with E-state index in [1.807, 2.05) is 13.0 Å². The van der Waals surface area contributed by atoms with Crippen LogP contribution in [0.1, 0.15) is 50.3 Å². The van der Waals surface area contributed by atoms with E-state index in [2.05, 4.69) is 26.8 Å². The van der Waals surface area contributed by atoms with Gasteiger partial charge in [-0.2, -0.15) is 0 Å². The Morgan fingerprint density at radius 2 is 2.00 bits per heavy atom. The molecule has 1 heteroatoms. The highest BCUT2D eigenvalue weighted by molar-refractivity contribution is 5.76. The zero-order valence-corrected chi connectivity index (χ0v) is 11.2. The van der Waals surface area contributed by atoms with Gasteiger partial charge in [0, 0.05) is 0 Å².